The van der Waals surface area contributed by atoms with Crippen LogP contribution in [0, 0.1) is 0 Å². The molecule has 3 aromatic rings. The molecule has 0 amide bonds. The van der Waals surface area contributed by atoms with Crippen molar-refractivity contribution in [2.45, 2.75) is 19.4 Å². The topological polar surface area (TPSA) is 76.8 Å². The van der Waals surface area contributed by atoms with Gasteiger partial charge in [0.15, 0.2) is 5.82 Å². The predicted molar refractivity (Wildman–Crippen MR) is 82.3 cm³/mol. The normalized spacial score (nSPS) is 12.5. The molecule has 5 nitrogen and oxygen atoms in total. The molecule has 5 heteroatoms. The van der Waals surface area contributed by atoms with E-state index in [1.165, 1.54) is 10.9 Å². The van der Waals surface area contributed by atoms with Crippen molar-refractivity contribution in [1.82, 2.24) is 15.2 Å². The Morgan fingerprint density at radius 2 is 2.14 bits per heavy atom. The van der Waals surface area contributed by atoms with E-state index in [0.717, 1.165) is 17.0 Å². The number of nitrogens with two attached hydrogens (primary N) is 1. The zero-order valence-electron chi connectivity index (χ0n) is 12.1. The second kappa shape index (κ2) is 5.54. The molecule has 0 aliphatic carbocycles. The summed E-state index contributed by atoms with van der Waals surface area (Å²) in [5, 5.41) is 9.44. The minimum Gasteiger partial charge on any atom is -0.497 e. The zero-order chi connectivity index (χ0) is 14.8. The first-order chi connectivity index (χ1) is 10.2. The molecule has 0 fully saturated rings. The van der Waals surface area contributed by atoms with Gasteiger partial charge in [0.1, 0.15) is 11.6 Å². The van der Waals surface area contributed by atoms with Gasteiger partial charge in [-0.05, 0) is 35.4 Å². The van der Waals surface area contributed by atoms with Crippen LogP contribution in [-0.4, -0.2) is 22.3 Å². The molecule has 0 bridgehead atoms. The van der Waals surface area contributed by atoms with Gasteiger partial charge in [-0.1, -0.05) is 24.3 Å². The first kappa shape index (κ1) is 13.6. The standard InChI is InChI=1S/C16H18N4O/c1-10(17)16-18-15(19-20-16)8-12-5-3-4-11-6-7-13(21-2)9-14(11)12/h3-7,9-10H,8,17H2,1-2H3,(H,18,19,20). The van der Waals surface area contributed by atoms with Crippen LogP contribution in [-0.2, 0) is 6.42 Å². The van der Waals surface area contributed by atoms with Crippen LogP contribution in [0.15, 0.2) is 36.4 Å². The van der Waals surface area contributed by atoms with Crippen molar-refractivity contribution in [2.24, 2.45) is 5.73 Å². The van der Waals surface area contributed by atoms with Gasteiger partial charge in [-0.3, -0.25) is 5.10 Å². The van der Waals surface area contributed by atoms with Gasteiger partial charge in [-0.2, -0.15) is 5.10 Å². The number of H-pyrrole nitrogens is 1. The highest BCUT2D eigenvalue weighted by molar-refractivity contribution is 5.87. The van der Waals surface area contributed by atoms with Crippen LogP contribution in [0.3, 0.4) is 0 Å². The summed E-state index contributed by atoms with van der Waals surface area (Å²) in [6.07, 6.45) is 0.685. The number of ether oxygens (including phenoxy) is 1. The van der Waals surface area contributed by atoms with Gasteiger partial charge < -0.3 is 10.5 Å². The third-order valence-corrected chi connectivity index (χ3v) is 3.49. The SMILES string of the molecule is COc1ccc2cccc(Cc3nc(C(C)N)n[nH]3)c2c1. The maximum absolute atomic E-state index is 5.79. The van der Waals surface area contributed by atoms with Gasteiger partial charge in [0.25, 0.3) is 0 Å². The maximum Gasteiger partial charge on any atom is 0.167 e. The highest BCUT2D eigenvalue weighted by Crippen LogP contribution is 2.25. The molecule has 2 aromatic carbocycles. The third-order valence-electron chi connectivity index (χ3n) is 3.49. The van der Waals surface area contributed by atoms with Gasteiger partial charge >= 0.3 is 0 Å². The number of aromatic nitrogens is 3. The molecule has 0 aliphatic rings. The van der Waals surface area contributed by atoms with E-state index in [9.17, 15) is 0 Å². The molecule has 1 atom stereocenters. The molecular weight excluding hydrogens is 264 g/mol. The second-order valence-corrected chi connectivity index (χ2v) is 5.11. The summed E-state index contributed by atoms with van der Waals surface area (Å²) in [5.74, 6) is 2.31. The summed E-state index contributed by atoms with van der Waals surface area (Å²) < 4.78 is 5.31. The number of fused-ring (bicyclic) bond motifs is 1. The van der Waals surface area contributed by atoms with E-state index in [1.54, 1.807) is 7.11 Å². The lowest BCUT2D eigenvalue weighted by Gasteiger charge is -2.07. The molecule has 1 heterocycles. The Hall–Kier alpha value is -2.40. The largest absolute Gasteiger partial charge is 0.497 e. The number of hydrogen-bond acceptors (Lipinski definition) is 4. The molecule has 0 radical (unpaired) electrons. The summed E-state index contributed by atoms with van der Waals surface area (Å²) >= 11 is 0. The first-order valence-electron chi connectivity index (χ1n) is 6.90. The molecule has 3 rings (SSSR count). The van der Waals surface area contributed by atoms with Gasteiger partial charge in [0, 0.05) is 6.42 Å². The lowest BCUT2D eigenvalue weighted by Crippen LogP contribution is -2.06. The van der Waals surface area contributed by atoms with Crippen molar-refractivity contribution in [3.8, 4) is 5.75 Å². The monoisotopic (exact) mass is 282 g/mol. The van der Waals surface area contributed by atoms with Gasteiger partial charge in [0.05, 0.1) is 13.2 Å². The van der Waals surface area contributed by atoms with Crippen molar-refractivity contribution >= 4 is 10.8 Å². The van der Waals surface area contributed by atoms with Crippen LogP contribution in [0.1, 0.15) is 30.2 Å². The lowest BCUT2D eigenvalue weighted by atomic mass is 10.0. The molecule has 1 unspecified atom stereocenters. The first-order valence-corrected chi connectivity index (χ1v) is 6.90. The van der Waals surface area contributed by atoms with Gasteiger partial charge in [-0.25, -0.2) is 4.98 Å². The molecule has 3 N–H and O–H groups in total. The third kappa shape index (κ3) is 2.73. The molecule has 0 saturated heterocycles. The van der Waals surface area contributed by atoms with Crippen molar-refractivity contribution in [2.75, 3.05) is 7.11 Å². The van der Waals surface area contributed by atoms with E-state index in [2.05, 4.69) is 33.4 Å². The molecule has 0 saturated carbocycles. The van der Waals surface area contributed by atoms with Crippen LogP contribution in [0.4, 0.5) is 0 Å². The van der Waals surface area contributed by atoms with Crippen LogP contribution in [0.25, 0.3) is 10.8 Å². The molecule has 0 spiro atoms. The van der Waals surface area contributed by atoms with Crippen LogP contribution in [0.5, 0.6) is 5.75 Å². The molecule has 21 heavy (non-hydrogen) atoms. The number of benzene rings is 2. The van der Waals surface area contributed by atoms with E-state index < -0.39 is 0 Å². The molecular formula is C16H18N4O. The van der Waals surface area contributed by atoms with Crippen molar-refractivity contribution in [3.05, 3.63) is 53.6 Å². The number of nitrogens with one attached hydrogen (secondary N) is 1. The molecule has 108 valence electrons. The fourth-order valence-electron chi connectivity index (χ4n) is 2.37. The maximum atomic E-state index is 5.79. The van der Waals surface area contributed by atoms with E-state index in [-0.39, 0.29) is 6.04 Å². The summed E-state index contributed by atoms with van der Waals surface area (Å²) in [4.78, 5) is 4.43. The van der Waals surface area contributed by atoms with Crippen molar-refractivity contribution < 1.29 is 4.74 Å². The Bertz CT molecular complexity index is 764. The smallest absolute Gasteiger partial charge is 0.167 e. The number of nitrogens with zero attached hydrogens (tertiary/aromatic N) is 2. The number of aromatic amines is 1. The molecule has 1 aromatic heterocycles. The van der Waals surface area contributed by atoms with Crippen LogP contribution in [0.2, 0.25) is 0 Å². The lowest BCUT2D eigenvalue weighted by molar-refractivity contribution is 0.415. The highest BCUT2D eigenvalue weighted by atomic mass is 16.5. The number of rotatable bonds is 4. The summed E-state index contributed by atoms with van der Waals surface area (Å²) in [6.45, 7) is 1.87. The zero-order valence-corrected chi connectivity index (χ0v) is 12.1. The van der Waals surface area contributed by atoms with Crippen molar-refractivity contribution in [1.29, 1.82) is 0 Å². The predicted octanol–water partition coefficient (Wildman–Crippen LogP) is 2.58. The Labute approximate surface area is 123 Å². The van der Waals surface area contributed by atoms with Crippen LogP contribution >= 0.6 is 0 Å². The average Bonchev–Trinajstić information content (AvgIpc) is 2.96. The van der Waals surface area contributed by atoms with Crippen molar-refractivity contribution in [3.63, 3.8) is 0 Å². The minimum absolute atomic E-state index is 0.164. The molecule has 0 aliphatic heterocycles. The Morgan fingerprint density at radius 1 is 1.29 bits per heavy atom. The second-order valence-electron chi connectivity index (χ2n) is 5.11. The summed E-state index contributed by atoms with van der Waals surface area (Å²) in [6, 6.07) is 12.1. The fraction of sp³-hybridized carbons (Fsp3) is 0.250. The minimum atomic E-state index is -0.164. The van der Waals surface area contributed by atoms with E-state index >= 15 is 0 Å². The quantitative estimate of drug-likeness (QED) is 0.771. The van der Waals surface area contributed by atoms with E-state index in [0.29, 0.717) is 12.2 Å². The number of hydrogen-bond donors (Lipinski definition) is 2. The summed E-state index contributed by atoms with van der Waals surface area (Å²) in [7, 11) is 1.68. The highest BCUT2D eigenvalue weighted by Gasteiger charge is 2.09. The average molecular weight is 282 g/mol. The Morgan fingerprint density at radius 3 is 2.86 bits per heavy atom. The summed E-state index contributed by atoms with van der Waals surface area (Å²) in [5.41, 5.74) is 6.97. The number of methoxy groups -OCH3 is 1. The van der Waals surface area contributed by atoms with Gasteiger partial charge in [0.2, 0.25) is 0 Å². The van der Waals surface area contributed by atoms with E-state index in [1.807, 2.05) is 25.1 Å². The fourth-order valence-corrected chi connectivity index (χ4v) is 2.37. The van der Waals surface area contributed by atoms with Gasteiger partial charge in [-0.15, -0.1) is 0 Å². The van der Waals surface area contributed by atoms with Crippen LogP contribution < -0.4 is 10.5 Å². The Kier molecular flexibility index (Phi) is 3.58. The Balaban J connectivity index is 1.99. The van der Waals surface area contributed by atoms with E-state index in [4.69, 9.17) is 10.5 Å².